The van der Waals surface area contributed by atoms with Gasteiger partial charge in [-0.15, -0.1) is 0 Å². The number of hydrogen-bond donors (Lipinski definition) is 1. The first-order valence-corrected chi connectivity index (χ1v) is 7.47. The lowest BCUT2D eigenvalue weighted by atomic mass is 10.2. The number of aliphatic imine (C=N–C) groups is 1. The van der Waals surface area contributed by atoms with Gasteiger partial charge in [0, 0.05) is 23.7 Å². The molecule has 1 fully saturated rings. The summed E-state index contributed by atoms with van der Waals surface area (Å²) in [6.45, 7) is 1.30. The second-order valence-electron chi connectivity index (χ2n) is 4.52. The van der Waals surface area contributed by atoms with Crippen molar-refractivity contribution in [3.8, 4) is 0 Å². The van der Waals surface area contributed by atoms with Gasteiger partial charge in [-0.25, -0.2) is 0 Å². The predicted molar refractivity (Wildman–Crippen MR) is 80.1 cm³/mol. The summed E-state index contributed by atoms with van der Waals surface area (Å²) in [5, 5.41) is 3.76. The Morgan fingerprint density at radius 3 is 2.90 bits per heavy atom. The topological polar surface area (TPSA) is 61.8 Å². The van der Waals surface area contributed by atoms with Crippen LogP contribution in [0.2, 0.25) is 5.02 Å². The van der Waals surface area contributed by atoms with Crippen LogP contribution in [0.4, 0.5) is 5.69 Å². The maximum atomic E-state index is 12.0. The summed E-state index contributed by atoms with van der Waals surface area (Å²) in [6, 6.07) is 6.87. The minimum absolute atomic E-state index is 0.0162. The van der Waals surface area contributed by atoms with Gasteiger partial charge in [-0.1, -0.05) is 23.4 Å². The number of nitrogens with zero attached hydrogens (tertiary/aromatic N) is 2. The maximum Gasteiger partial charge on any atom is 0.242 e. The van der Waals surface area contributed by atoms with E-state index in [1.165, 1.54) is 11.8 Å². The van der Waals surface area contributed by atoms with Crippen molar-refractivity contribution in [2.45, 2.75) is 11.7 Å². The highest BCUT2D eigenvalue weighted by molar-refractivity contribution is 8.15. The average molecular weight is 310 g/mol. The third-order valence-electron chi connectivity index (χ3n) is 3.09. The molecule has 104 valence electrons. The number of carbonyl (C=O) groups excluding carboxylic acids is 2. The normalized spacial score (nSPS) is 20.9. The van der Waals surface area contributed by atoms with Gasteiger partial charge in [0.05, 0.1) is 6.54 Å². The quantitative estimate of drug-likeness (QED) is 0.928. The zero-order chi connectivity index (χ0) is 14.1. The fourth-order valence-electron chi connectivity index (χ4n) is 2.13. The Morgan fingerprint density at radius 1 is 1.45 bits per heavy atom. The third-order valence-corrected chi connectivity index (χ3v) is 4.55. The molecule has 0 spiro atoms. The molecular weight excluding hydrogens is 298 g/mol. The van der Waals surface area contributed by atoms with E-state index in [1.807, 2.05) is 0 Å². The summed E-state index contributed by atoms with van der Waals surface area (Å²) >= 11 is 7.16. The van der Waals surface area contributed by atoms with E-state index in [0.29, 0.717) is 23.8 Å². The van der Waals surface area contributed by atoms with Crippen molar-refractivity contribution in [2.24, 2.45) is 4.99 Å². The number of halogens is 1. The predicted octanol–water partition coefficient (Wildman–Crippen LogP) is 1.98. The molecule has 3 rings (SSSR count). The van der Waals surface area contributed by atoms with Crippen LogP contribution in [0.1, 0.15) is 6.42 Å². The first-order valence-electron chi connectivity index (χ1n) is 6.21. The molecule has 0 aromatic heterocycles. The van der Waals surface area contributed by atoms with Crippen LogP contribution in [0, 0.1) is 0 Å². The van der Waals surface area contributed by atoms with Gasteiger partial charge in [0.2, 0.25) is 11.8 Å². The highest BCUT2D eigenvalue weighted by atomic mass is 35.5. The standard InChI is InChI=1S/C13H12ClN3O2S/c14-8-1-3-9(4-2-8)16-11(18)7-10-12(19)17-6-5-15-13(17)20-10/h1-4,10H,5-7H2,(H,16,18)/t10-/m1/s1. The van der Waals surface area contributed by atoms with E-state index in [2.05, 4.69) is 10.3 Å². The number of benzene rings is 1. The Kier molecular flexibility index (Phi) is 3.67. The molecule has 0 radical (unpaired) electrons. The molecule has 1 N–H and O–H groups in total. The van der Waals surface area contributed by atoms with E-state index in [1.54, 1.807) is 29.2 Å². The summed E-state index contributed by atoms with van der Waals surface area (Å²) < 4.78 is 0. The van der Waals surface area contributed by atoms with Crippen molar-refractivity contribution >= 4 is 46.0 Å². The van der Waals surface area contributed by atoms with Crippen molar-refractivity contribution in [2.75, 3.05) is 18.4 Å². The van der Waals surface area contributed by atoms with Crippen molar-refractivity contribution < 1.29 is 9.59 Å². The lowest BCUT2D eigenvalue weighted by Crippen LogP contribution is -2.32. The van der Waals surface area contributed by atoms with Crippen LogP contribution >= 0.6 is 23.4 Å². The second kappa shape index (κ2) is 5.46. The smallest absolute Gasteiger partial charge is 0.242 e. The molecule has 7 heteroatoms. The first-order chi connectivity index (χ1) is 9.63. The van der Waals surface area contributed by atoms with E-state index in [9.17, 15) is 9.59 Å². The Hall–Kier alpha value is -1.53. The van der Waals surface area contributed by atoms with Crippen molar-refractivity contribution in [1.29, 1.82) is 0 Å². The summed E-state index contributed by atoms with van der Waals surface area (Å²) in [4.78, 5) is 29.9. The number of hydrogen-bond acceptors (Lipinski definition) is 4. The van der Waals surface area contributed by atoms with Crippen LogP contribution in [0.25, 0.3) is 0 Å². The Labute approximate surface area is 125 Å². The highest BCUT2D eigenvalue weighted by Crippen LogP contribution is 2.31. The molecule has 5 nitrogen and oxygen atoms in total. The number of rotatable bonds is 3. The highest BCUT2D eigenvalue weighted by Gasteiger charge is 2.40. The fourth-order valence-corrected chi connectivity index (χ4v) is 3.44. The molecule has 2 aliphatic rings. The molecule has 0 bridgehead atoms. The molecule has 0 saturated carbocycles. The van der Waals surface area contributed by atoms with Crippen LogP contribution in [0.3, 0.4) is 0 Å². The number of amidine groups is 1. The van der Waals surface area contributed by atoms with Crippen LogP contribution in [-0.4, -0.2) is 40.2 Å². The molecule has 2 heterocycles. The number of nitrogens with one attached hydrogen (secondary N) is 1. The molecule has 1 aromatic carbocycles. The molecule has 20 heavy (non-hydrogen) atoms. The Balaban J connectivity index is 1.59. The minimum Gasteiger partial charge on any atom is -0.326 e. The number of fused-ring (bicyclic) bond motifs is 1. The molecule has 1 atom stereocenters. The monoisotopic (exact) mass is 309 g/mol. The van der Waals surface area contributed by atoms with Gasteiger partial charge < -0.3 is 5.32 Å². The van der Waals surface area contributed by atoms with Gasteiger partial charge in [0.25, 0.3) is 0 Å². The van der Waals surface area contributed by atoms with Gasteiger partial charge in [-0.3, -0.25) is 19.5 Å². The van der Waals surface area contributed by atoms with E-state index in [4.69, 9.17) is 11.6 Å². The van der Waals surface area contributed by atoms with Gasteiger partial charge in [-0.05, 0) is 24.3 Å². The summed E-state index contributed by atoms with van der Waals surface area (Å²) in [5.41, 5.74) is 0.674. The van der Waals surface area contributed by atoms with E-state index < -0.39 is 0 Å². The number of thioether (sulfide) groups is 1. The van der Waals surface area contributed by atoms with Gasteiger partial charge in [-0.2, -0.15) is 0 Å². The van der Waals surface area contributed by atoms with Gasteiger partial charge in [0.15, 0.2) is 5.17 Å². The van der Waals surface area contributed by atoms with E-state index >= 15 is 0 Å². The van der Waals surface area contributed by atoms with Crippen molar-refractivity contribution in [3.05, 3.63) is 29.3 Å². The summed E-state index contributed by atoms with van der Waals surface area (Å²) in [6.07, 6.45) is 0.154. The largest absolute Gasteiger partial charge is 0.326 e. The van der Waals surface area contributed by atoms with E-state index in [0.717, 1.165) is 5.17 Å². The summed E-state index contributed by atoms with van der Waals surface area (Å²) in [5.74, 6) is -0.197. The van der Waals surface area contributed by atoms with Gasteiger partial charge >= 0.3 is 0 Å². The minimum atomic E-state index is -0.360. The Morgan fingerprint density at radius 2 is 2.20 bits per heavy atom. The number of anilines is 1. The number of amides is 2. The van der Waals surface area contributed by atoms with Crippen LogP contribution in [0.5, 0.6) is 0 Å². The molecule has 1 saturated heterocycles. The zero-order valence-corrected chi connectivity index (χ0v) is 12.1. The van der Waals surface area contributed by atoms with Gasteiger partial charge in [0.1, 0.15) is 5.25 Å². The molecule has 2 amide bonds. The molecule has 0 aliphatic carbocycles. The van der Waals surface area contributed by atoms with Crippen LogP contribution < -0.4 is 5.32 Å². The molecular formula is C13H12ClN3O2S. The third kappa shape index (κ3) is 2.66. The van der Waals surface area contributed by atoms with E-state index in [-0.39, 0.29) is 23.5 Å². The average Bonchev–Trinajstić information content (AvgIpc) is 2.97. The zero-order valence-electron chi connectivity index (χ0n) is 10.5. The number of carbonyl (C=O) groups is 2. The van der Waals surface area contributed by atoms with Crippen LogP contribution in [-0.2, 0) is 9.59 Å². The first kappa shape index (κ1) is 13.5. The van der Waals surface area contributed by atoms with Crippen LogP contribution in [0.15, 0.2) is 29.3 Å². The second-order valence-corrected chi connectivity index (χ2v) is 6.13. The van der Waals surface area contributed by atoms with Crippen molar-refractivity contribution in [1.82, 2.24) is 4.90 Å². The SMILES string of the molecule is O=C(C[C@H]1SC2=NCCN2C1=O)Nc1ccc(Cl)cc1. The summed E-state index contributed by atoms with van der Waals surface area (Å²) in [7, 11) is 0. The Bertz CT molecular complexity index is 588. The lowest BCUT2D eigenvalue weighted by Gasteiger charge is -2.10. The molecule has 0 unspecified atom stereocenters. The maximum absolute atomic E-state index is 12.0. The van der Waals surface area contributed by atoms with Crippen molar-refractivity contribution in [3.63, 3.8) is 0 Å². The molecule has 1 aromatic rings. The lowest BCUT2D eigenvalue weighted by molar-refractivity contribution is -0.127. The fraction of sp³-hybridized carbons (Fsp3) is 0.308. The molecule has 2 aliphatic heterocycles.